The molecule has 10 heavy (non-hydrogen) atoms. The minimum absolute atomic E-state index is 0.292. The van der Waals surface area contributed by atoms with Crippen LogP contribution in [0.5, 0.6) is 0 Å². The van der Waals surface area contributed by atoms with Crippen molar-refractivity contribution in [2.24, 2.45) is 5.84 Å². The first-order valence-electron chi connectivity index (χ1n) is 3.69. The minimum Gasteiger partial charge on any atom is -0.380 e. The SMILES string of the molecule is CCCC(CN(C)N)OC. The van der Waals surface area contributed by atoms with Gasteiger partial charge in [0.1, 0.15) is 0 Å². The van der Waals surface area contributed by atoms with Gasteiger partial charge in [-0.15, -0.1) is 0 Å². The highest BCUT2D eigenvalue weighted by Gasteiger charge is 2.05. The van der Waals surface area contributed by atoms with Gasteiger partial charge in [0.25, 0.3) is 0 Å². The summed E-state index contributed by atoms with van der Waals surface area (Å²) >= 11 is 0. The molecule has 1 unspecified atom stereocenters. The monoisotopic (exact) mass is 146 g/mol. The number of ether oxygens (including phenoxy) is 1. The number of hydrogen-bond acceptors (Lipinski definition) is 3. The van der Waals surface area contributed by atoms with E-state index in [1.165, 1.54) is 0 Å². The maximum Gasteiger partial charge on any atom is 0.0711 e. The Labute approximate surface area is 63.1 Å². The van der Waals surface area contributed by atoms with E-state index in [9.17, 15) is 0 Å². The molecule has 62 valence electrons. The summed E-state index contributed by atoms with van der Waals surface area (Å²) in [7, 11) is 3.57. The Morgan fingerprint density at radius 1 is 1.60 bits per heavy atom. The highest BCUT2D eigenvalue weighted by atomic mass is 16.5. The molecule has 0 heterocycles. The Bertz CT molecular complexity index is 76.0. The van der Waals surface area contributed by atoms with Gasteiger partial charge in [0.2, 0.25) is 0 Å². The topological polar surface area (TPSA) is 38.5 Å². The molecule has 0 aromatic rings. The third kappa shape index (κ3) is 4.73. The number of hydrazine groups is 1. The third-order valence-electron chi connectivity index (χ3n) is 1.44. The van der Waals surface area contributed by atoms with Crippen LogP contribution in [-0.4, -0.2) is 31.8 Å². The minimum atomic E-state index is 0.292. The predicted molar refractivity (Wildman–Crippen MR) is 42.5 cm³/mol. The Morgan fingerprint density at radius 2 is 2.20 bits per heavy atom. The van der Waals surface area contributed by atoms with E-state index in [0.29, 0.717) is 6.10 Å². The summed E-state index contributed by atoms with van der Waals surface area (Å²) in [5, 5.41) is 1.66. The fourth-order valence-corrected chi connectivity index (χ4v) is 0.927. The number of nitrogens with zero attached hydrogens (tertiary/aromatic N) is 1. The molecule has 0 aromatic heterocycles. The van der Waals surface area contributed by atoms with Crippen molar-refractivity contribution in [3.63, 3.8) is 0 Å². The second kappa shape index (κ2) is 5.65. The molecule has 3 heteroatoms. The highest BCUT2D eigenvalue weighted by molar-refractivity contribution is 4.58. The lowest BCUT2D eigenvalue weighted by Crippen LogP contribution is -2.35. The zero-order valence-electron chi connectivity index (χ0n) is 7.13. The molecule has 0 rings (SSSR count). The summed E-state index contributed by atoms with van der Waals surface area (Å²) in [5.74, 6) is 5.45. The van der Waals surface area contributed by atoms with Gasteiger partial charge in [-0.05, 0) is 6.42 Å². The molecular weight excluding hydrogens is 128 g/mol. The smallest absolute Gasteiger partial charge is 0.0711 e. The molecule has 0 aliphatic carbocycles. The van der Waals surface area contributed by atoms with Gasteiger partial charge in [0, 0.05) is 20.7 Å². The normalized spacial score (nSPS) is 14.1. The van der Waals surface area contributed by atoms with E-state index in [1.807, 2.05) is 7.05 Å². The first kappa shape index (κ1) is 9.88. The fraction of sp³-hybridized carbons (Fsp3) is 1.00. The standard InChI is InChI=1S/C7H18N2O/c1-4-5-7(10-3)6-9(2)8/h7H,4-6,8H2,1-3H3. The molecule has 3 nitrogen and oxygen atoms in total. The molecule has 0 bridgehead atoms. The lowest BCUT2D eigenvalue weighted by molar-refractivity contribution is 0.0651. The predicted octanol–water partition coefficient (Wildman–Crippen LogP) is 0.607. The van der Waals surface area contributed by atoms with Crippen LogP contribution in [0.25, 0.3) is 0 Å². The van der Waals surface area contributed by atoms with E-state index in [1.54, 1.807) is 12.1 Å². The van der Waals surface area contributed by atoms with Gasteiger partial charge in [0.15, 0.2) is 0 Å². The molecule has 0 saturated heterocycles. The zero-order valence-corrected chi connectivity index (χ0v) is 7.13. The van der Waals surface area contributed by atoms with Gasteiger partial charge >= 0.3 is 0 Å². The molecule has 1 atom stereocenters. The largest absolute Gasteiger partial charge is 0.380 e. The summed E-state index contributed by atoms with van der Waals surface area (Å²) in [4.78, 5) is 0. The van der Waals surface area contributed by atoms with Crippen molar-refractivity contribution in [3.8, 4) is 0 Å². The van der Waals surface area contributed by atoms with E-state index in [-0.39, 0.29) is 0 Å². The van der Waals surface area contributed by atoms with E-state index in [4.69, 9.17) is 10.6 Å². The van der Waals surface area contributed by atoms with Gasteiger partial charge in [-0.1, -0.05) is 13.3 Å². The molecule has 0 radical (unpaired) electrons. The van der Waals surface area contributed by atoms with Crippen molar-refractivity contribution in [1.82, 2.24) is 5.01 Å². The second-order valence-corrected chi connectivity index (χ2v) is 2.59. The zero-order chi connectivity index (χ0) is 7.98. The highest BCUT2D eigenvalue weighted by Crippen LogP contribution is 2.00. The molecular formula is C7H18N2O. The number of nitrogens with two attached hydrogens (primary N) is 1. The molecule has 0 aromatic carbocycles. The van der Waals surface area contributed by atoms with Crippen molar-refractivity contribution in [3.05, 3.63) is 0 Å². The second-order valence-electron chi connectivity index (χ2n) is 2.59. The number of hydrogen-bond donors (Lipinski definition) is 1. The summed E-state index contributed by atoms with van der Waals surface area (Å²) in [6.07, 6.45) is 2.52. The summed E-state index contributed by atoms with van der Waals surface area (Å²) < 4.78 is 5.18. The Kier molecular flexibility index (Phi) is 5.58. The van der Waals surface area contributed by atoms with E-state index in [2.05, 4.69) is 6.92 Å². The molecule has 0 fully saturated rings. The fourth-order valence-electron chi connectivity index (χ4n) is 0.927. The Morgan fingerprint density at radius 3 is 2.50 bits per heavy atom. The van der Waals surface area contributed by atoms with Crippen LogP contribution in [0.15, 0.2) is 0 Å². The lowest BCUT2D eigenvalue weighted by Gasteiger charge is -2.18. The maximum atomic E-state index is 5.45. The average Bonchev–Trinajstić information content (AvgIpc) is 1.86. The molecule has 0 amide bonds. The van der Waals surface area contributed by atoms with Crippen molar-refractivity contribution in [2.45, 2.75) is 25.9 Å². The van der Waals surface area contributed by atoms with Crippen LogP contribution in [-0.2, 0) is 4.74 Å². The van der Waals surface area contributed by atoms with Crippen LogP contribution < -0.4 is 5.84 Å². The maximum absolute atomic E-state index is 5.45. The summed E-state index contributed by atoms with van der Waals surface area (Å²) in [6.45, 7) is 2.95. The molecule has 0 aliphatic rings. The van der Waals surface area contributed by atoms with Crippen LogP contribution in [0.4, 0.5) is 0 Å². The molecule has 0 aliphatic heterocycles. The van der Waals surface area contributed by atoms with Gasteiger partial charge in [-0.25, -0.2) is 5.01 Å². The van der Waals surface area contributed by atoms with Crippen LogP contribution in [0, 0.1) is 0 Å². The molecule has 0 spiro atoms. The number of rotatable bonds is 5. The van der Waals surface area contributed by atoms with Crippen molar-refractivity contribution in [1.29, 1.82) is 0 Å². The van der Waals surface area contributed by atoms with Crippen LogP contribution in [0.3, 0.4) is 0 Å². The van der Waals surface area contributed by atoms with Crippen LogP contribution in [0.2, 0.25) is 0 Å². The lowest BCUT2D eigenvalue weighted by atomic mass is 10.2. The summed E-state index contributed by atoms with van der Waals surface area (Å²) in [5.41, 5.74) is 0. The van der Waals surface area contributed by atoms with Crippen molar-refractivity contribution >= 4 is 0 Å². The first-order chi connectivity index (χ1) is 4.70. The van der Waals surface area contributed by atoms with Crippen molar-refractivity contribution in [2.75, 3.05) is 20.7 Å². The van der Waals surface area contributed by atoms with E-state index >= 15 is 0 Å². The number of methoxy groups -OCH3 is 1. The average molecular weight is 146 g/mol. The van der Waals surface area contributed by atoms with E-state index < -0.39 is 0 Å². The van der Waals surface area contributed by atoms with Crippen LogP contribution in [0.1, 0.15) is 19.8 Å². The van der Waals surface area contributed by atoms with E-state index in [0.717, 1.165) is 19.4 Å². The quantitative estimate of drug-likeness (QED) is 0.456. The Hall–Kier alpha value is -0.120. The number of likely N-dealkylation sites (N-methyl/N-ethyl adjacent to an activating group) is 1. The van der Waals surface area contributed by atoms with Gasteiger partial charge < -0.3 is 4.74 Å². The first-order valence-corrected chi connectivity index (χ1v) is 3.69. The summed E-state index contributed by atoms with van der Waals surface area (Å²) in [6, 6.07) is 0. The van der Waals surface area contributed by atoms with Gasteiger partial charge in [0.05, 0.1) is 6.10 Å². The van der Waals surface area contributed by atoms with Gasteiger partial charge in [-0.3, -0.25) is 5.84 Å². The third-order valence-corrected chi connectivity index (χ3v) is 1.44. The molecule has 2 N–H and O–H groups in total. The van der Waals surface area contributed by atoms with Crippen molar-refractivity contribution < 1.29 is 4.74 Å². The van der Waals surface area contributed by atoms with Gasteiger partial charge in [-0.2, -0.15) is 0 Å². The van der Waals surface area contributed by atoms with Crippen LogP contribution >= 0.6 is 0 Å². The molecule has 0 saturated carbocycles. The Balaban J connectivity index is 3.39.